The zero-order chi connectivity index (χ0) is 28.0. The van der Waals surface area contributed by atoms with Crippen molar-refractivity contribution >= 4 is 35.1 Å². The lowest BCUT2D eigenvalue weighted by molar-refractivity contribution is 1.07. The van der Waals surface area contributed by atoms with Gasteiger partial charge in [0.15, 0.2) is 17.5 Å². The molecule has 0 radical (unpaired) electrons. The van der Waals surface area contributed by atoms with Crippen molar-refractivity contribution in [2.24, 2.45) is 0 Å². The van der Waals surface area contributed by atoms with Gasteiger partial charge >= 0.3 is 0 Å². The molecular weight excluding hydrogens is 517 g/mol. The quantitative estimate of drug-likeness (QED) is 0.203. The Bertz CT molecular complexity index is 1980. The molecule has 0 unspecified atom stereocenters. The largest absolute Gasteiger partial charge is 0.309 e. The first-order valence-electron chi connectivity index (χ1n) is 14.0. The average molecular weight is 547 g/mol. The molecule has 0 saturated heterocycles. The Morgan fingerprint density at radius 1 is 0.463 bits per heavy atom. The zero-order valence-electron chi connectivity index (χ0n) is 23.4. The van der Waals surface area contributed by atoms with E-state index in [4.69, 9.17) is 15.0 Å². The van der Waals surface area contributed by atoms with Crippen LogP contribution in [0.25, 0.3) is 61.7 Å². The van der Waals surface area contributed by atoms with E-state index in [2.05, 4.69) is 133 Å². The van der Waals surface area contributed by atoms with E-state index in [1.54, 1.807) is 0 Å². The van der Waals surface area contributed by atoms with Crippen LogP contribution in [0.4, 0.5) is 0 Å². The van der Waals surface area contributed by atoms with E-state index in [0.29, 0.717) is 17.5 Å². The second-order valence-electron chi connectivity index (χ2n) is 11.4. The summed E-state index contributed by atoms with van der Waals surface area (Å²) in [6, 6.07) is 44.5. The lowest BCUT2D eigenvalue weighted by Crippen LogP contribution is -2.37. The lowest BCUT2D eigenvalue weighted by atomic mass is 10.1. The molecule has 0 fully saturated rings. The molecule has 0 atom stereocenters. The summed E-state index contributed by atoms with van der Waals surface area (Å²) >= 11 is 0. The van der Waals surface area contributed by atoms with Crippen molar-refractivity contribution in [3.8, 4) is 39.9 Å². The molecule has 7 rings (SSSR count). The van der Waals surface area contributed by atoms with Gasteiger partial charge in [-0.3, -0.25) is 0 Å². The van der Waals surface area contributed by atoms with Crippen LogP contribution in [-0.4, -0.2) is 27.6 Å². The third kappa shape index (κ3) is 4.64. The number of hydrogen-bond acceptors (Lipinski definition) is 3. The van der Waals surface area contributed by atoms with Gasteiger partial charge < -0.3 is 4.57 Å². The fourth-order valence-electron chi connectivity index (χ4n) is 5.46. The Labute approximate surface area is 241 Å². The van der Waals surface area contributed by atoms with Gasteiger partial charge in [-0.2, -0.15) is 0 Å². The monoisotopic (exact) mass is 546 g/mol. The second kappa shape index (κ2) is 9.95. The molecule has 198 valence electrons. The Kier molecular flexibility index (Phi) is 6.09. The average Bonchev–Trinajstić information content (AvgIpc) is 3.35. The van der Waals surface area contributed by atoms with Crippen molar-refractivity contribution in [3.05, 3.63) is 127 Å². The van der Waals surface area contributed by atoms with Crippen molar-refractivity contribution in [2.75, 3.05) is 0 Å². The van der Waals surface area contributed by atoms with Crippen LogP contribution in [0.5, 0.6) is 0 Å². The van der Waals surface area contributed by atoms with Gasteiger partial charge in [-0.05, 0) is 24.3 Å². The van der Waals surface area contributed by atoms with E-state index >= 15 is 0 Å². The maximum absolute atomic E-state index is 5.05. The first-order chi connectivity index (χ1) is 20.0. The molecule has 2 heterocycles. The van der Waals surface area contributed by atoms with Gasteiger partial charge in [-0.25, -0.2) is 15.0 Å². The molecule has 0 aliphatic carbocycles. The van der Waals surface area contributed by atoms with Gasteiger partial charge in [-0.15, -0.1) is 0 Å². The summed E-state index contributed by atoms with van der Waals surface area (Å²) in [5, 5.41) is 3.86. The van der Waals surface area contributed by atoms with Crippen molar-refractivity contribution in [1.82, 2.24) is 19.5 Å². The molecule has 4 nitrogen and oxygen atoms in total. The van der Waals surface area contributed by atoms with Gasteiger partial charge in [0.2, 0.25) is 0 Å². The third-order valence-electron chi connectivity index (χ3n) is 7.60. The normalized spacial score (nSPS) is 11.8. The number of benzene rings is 5. The van der Waals surface area contributed by atoms with Crippen LogP contribution in [-0.2, 0) is 0 Å². The smallest absolute Gasteiger partial charge is 0.164 e. The molecule has 2 aromatic heterocycles. The minimum atomic E-state index is -1.51. The Balaban J connectivity index is 1.42. The van der Waals surface area contributed by atoms with E-state index in [1.807, 2.05) is 18.2 Å². The Morgan fingerprint density at radius 3 is 1.56 bits per heavy atom. The molecule has 41 heavy (non-hydrogen) atoms. The van der Waals surface area contributed by atoms with Gasteiger partial charge in [0.1, 0.15) is 0 Å². The summed E-state index contributed by atoms with van der Waals surface area (Å²) in [7, 11) is -1.51. The molecule has 0 amide bonds. The highest BCUT2D eigenvalue weighted by molar-refractivity contribution is 6.88. The Morgan fingerprint density at radius 2 is 0.951 bits per heavy atom. The van der Waals surface area contributed by atoms with Crippen LogP contribution in [0.2, 0.25) is 19.6 Å². The molecule has 0 bridgehead atoms. The van der Waals surface area contributed by atoms with Crippen molar-refractivity contribution in [1.29, 1.82) is 0 Å². The fraction of sp³-hybridized carbons (Fsp3) is 0.0833. The van der Waals surface area contributed by atoms with E-state index < -0.39 is 8.07 Å². The van der Waals surface area contributed by atoms with Crippen molar-refractivity contribution < 1.29 is 0 Å². The zero-order valence-corrected chi connectivity index (χ0v) is 24.4. The molecule has 0 aliphatic heterocycles. The first kappa shape index (κ1) is 25.1. The maximum Gasteiger partial charge on any atom is 0.164 e. The fourth-order valence-corrected chi connectivity index (χ4v) is 6.64. The van der Waals surface area contributed by atoms with Crippen molar-refractivity contribution in [2.45, 2.75) is 19.6 Å². The summed E-state index contributed by atoms with van der Waals surface area (Å²) in [5.41, 5.74) is 6.36. The number of fused-ring (bicyclic) bond motifs is 3. The number of hydrogen-bond donors (Lipinski definition) is 0. The highest BCUT2D eigenvalue weighted by Gasteiger charge is 2.19. The van der Waals surface area contributed by atoms with E-state index in [-0.39, 0.29) is 0 Å². The molecule has 0 N–H and O–H groups in total. The van der Waals surface area contributed by atoms with Gasteiger partial charge in [0.25, 0.3) is 0 Å². The predicted molar refractivity (Wildman–Crippen MR) is 173 cm³/mol. The topological polar surface area (TPSA) is 43.6 Å². The number of nitrogens with zero attached hydrogens (tertiary/aromatic N) is 4. The summed E-state index contributed by atoms with van der Waals surface area (Å²) < 4.78 is 2.33. The number of aromatic nitrogens is 4. The number of para-hydroxylation sites is 2. The van der Waals surface area contributed by atoms with Crippen LogP contribution in [0.3, 0.4) is 0 Å². The van der Waals surface area contributed by atoms with Crippen LogP contribution in [0.1, 0.15) is 0 Å². The van der Waals surface area contributed by atoms with Crippen LogP contribution in [0.15, 0.2) is 127 Å². The number of rotatable bonds is 5. The molecule has 5 aromatic carbocycles. The molecule has 5 heteroatoms. The molecule has 0 spiro atoms. The minimum absolute atomic E-state index is 0.662. The van der Waals surface area contributed by atoms with Gasteiger partial charge in [-0.1, -0.05) is 128 Å². The van der Waals surface area contributed by atoms with Crippen LogP contribution in [0, 0.1) is 0 Å². The first-order valence-corrected chi connectivity index (χ1v) is 17.5. The van der Waals surface area contributed by atoms with Gasteiger partial charge in [0.05, 0.1) is 19.1 Å². The maximum atomic E-state index is 5.05. The highest BCUT2D eigenvalue weighted by atomic mass is 28.3. The van der Waals surface area contributed by atoms with Crippen molar-refractivity contribution in [3.63, 3.8) is 0 Å². The summed E-state index contributed by atoms with van der Waals surface area (Å²) in [4.78, 5) is 15.0. The summed E-state index contributed by atoms with van der Waals surface area (Å²) in [6.07, 6.45) is 0. The van der Waals surface area contributed by atoms with E-state index in [9.17, 15) is 0 Å². The third-order valence-corrected chi connectivity index (χ3v) is 9.64. The Hall–Kier alpha value is -4.87. The standard InChI is InChI=1S/C36H30N4Si/c1-41(2,3)29-18-12-16-27(24-29)36-38-34(25-13-5-4-6-14-25)37-35(39-36)26-15-11-17-28(23-26)40-32-21-9-7-19-30(32)31-20-8-10-22-33(31)40/h4-24H,1-3H3. The molecule has 7 aromatic rings. The molecule has 0 aliphatic rings. The van der Waals surface area contributed by atoms with E-state index in [0.717, 1.165) is 22.4 Å². The molecular formula is C36H30N4Si. The van der Waals surface area contributed by atoms with Crippen LogP contribution >= 0.6 is 0 Å². The summed E-state index contributed by atoms with van der Waals surface area (Å²) in [6.45, 7) is 7.08. The highest BCUT2D eigenvalue weighted by Crippen LogP contribution is 2.33. The lowest BCUT2D eigenvalue weighted by Gasteiger charge is -2.17. The van der Waals surface area contributed by atoms with E-state index in [1.165, 1.54) is 27.0 Å². The minimum Gasteiger partial charge on any atom is -0.309 e. The summed E-state index contributed by atoms with van der Waals surface area (Å²) in [5.74, 6) is 2.03. The van der Waals surface area contributed by atoms with Crippen LogP contribution < -0.4 is 5.19 Å². The van der Waals surface area contributed by atoms with Gasteiger partial charge in [0, 0.05) is 33.2 Å². The predicted octanol–water partition coefficient (Wildman–Crippen LogP) is 8.51. The molecule has 0 saturated carbocycles. The second-order valence-corrected chi connectivity index (χ2v) is 16.5. The SMILES string of the molecule is C[Si](C)(C)c1cccc(-c2nc(-c3ccccc3)nc(-c3cccc(-n4c5ccccc5c5ccccc54)c3)n2)c1.